The number of benzene rings is 1. The first-order valence-electron chi connectivity index (χ1n) is 14.6. The Hall–Kier alpha value is -3.25. The van der Waals surface area contributed by atoms with E-state index in [0.29, 0.717) is 19.6 Å². The predicted molar refractivity (Wildman–Crippen MR) is 156 cm³/mol. The molecule has 12 heteroatoms. The Balaban J connectivity index is 1.52. The van der Waals surface area contributed by atoms with Gasteiger partial charge in [-0.25, -0.2) is 10.1 Å². The number of nitrogens with one attached hydrogen (secondary N) is 1. The first-order chi connectivity index (χ1) is 19.9. The van der Waals surface area contributed by atoms with E-state index in [1.54, 1.807) is 20.9 Å². The summed E-state index contributed by atoms with van der Waals surface area (Å²) in [6.45, 7) is 8.14. The molecule has 0 spiro atoms. The summed E-state index contributed by atoms with van der Waals surface area (Å²) in [6, 6.07) is 8.85. The van der Waals surface area contributed by atoms with Crippen molar-refractivity contribution in [3.63, 3.8) is 0 Å². The van der Waals surface area contributed by atoms with Crippen LogP contribution in [0.25, 0.3) is 0 Å². The molecular formula is C30H42N5O6S+. The van der Waals surface area contributed by atoms with Crippen molar-refractivity contribution in [2.75, 3.05) is 19.5 Å². The Labute approximate surface area is 251 Å². The second-order valence-electron chi connectivity index (χ2n) is 12.1. The largest absolute Gasteiger partial charge is 0.520 e. The molecule has 1 aromatic heterocycles. The van der Waals surface area contributed by atoms with Crippen LogP contribution >= 0.6 is 11.8 Å². The van der Waals surface area contributed by atoms with Gasteiger partial charge in [-0.15, -0.1) is 0 Å². The van der Waals surface area contributed by atoms with Crippen molar-refractivity contribution in [3.05, 3.63) is 41.8 Å². The maximum atomic E-state index is 13.7. The highest BCUT2D eigenvalue weighted by Crippen LogP contribution is 2.30. The van der Waals surface area contributed by atoms with Gasteiger partial charge in [0, 0.05) is 13.5 Å². The van der Waals surface area contributed by atoms with E-state index in [9.17, 15) is 19.2 Å². The summed E-state index contributed by atoms with van der Waals surface area (Å²) < 4.78 is 12.9. The van der Waals surface area contributed by atoms with Crippen molar-refractivity contribution < 1.29 is 33.0 Å². The van der Waals surface area contributed by atoms with Gasteiger partial charge in [0.2, 0.25) is 5.78 Å². The smallest absolute Gasteiger partial charge is 0.390 e. The maximum absolute atomic E-state index is 13.7. The van der Waals surface area contributed by atoms with Gasteiger partial charge in [-0.2, -0.15) is 4.79 Å². The number of carbonyl (C=O) groups excluding carboxylic acids is 4. The number of ether oxygens (including phenoxy) is 1. The fourth-order valence-corrected chi connectivity index (χ4v) is 5.88. The van der Waals surface area contributed by atoms with Crippen LogP contribution < -0.4 is 10.00 Å². The average Bonchev–Trinajstić information content (AvgIpc) is 3.46. The first kappa shape index (κ1) is 31.7. The zero-order chi connectivity index (χ0) is 30.5. The van der Waals surface area contributed by atoms with E-state index in [0.717, 1.165) is 59.0 Å². The zero-order valence-corrected chi connectivity index (χ0v) is 26.0. The molecule has 0 bridgehead atoms. The lowest BCUT2D eigenvalue weighted by Gasteiger charge is -2.33. The molecule has 2 heterocycles. The highest BCUT2D eigenvalue weighted by molar-refractivity contribution is 7.99. The van der Waals surface area contributed by atoms with Crippen LogP contribution in [-0.2, 0) is 16.1 Å². The lowest BCUT2D eigenvalue weighted by atomic mass is 9.82. The summed E-state index contributed by atoms with van der Waals surface area (Å²) in [5.74, 6) is -0.644. The summed E-state index contributed by atoms with van der Waals surface area (Å²) in [6.07, 6.45) is 5.27. The van der Waals surface area contributed by atoms with E-state index in [4.69, 9.17) is 9.15 Å². The summed E-state index contributed by atoms with van der Waals surface area (Å²) >= 11 is 0.981. The van der Waals surface area contributed by atoms with Crippen molar-refractivity contribution >= 4 is 35.5 Å². The van der Waals surface area contributed by atoms with Gasteiger partial charge in [0.15, 0.2) is 0 Å². The molecule has 11 nitrogen and oxygen atoms in total. The van der Waals surface area contributed by atoms with Gasteiger partial charge in [-0.3, -0.25) is 14.5 Å². The number of hydrogen-bond acceptors (Lipinski definition) is 8. The van der Waals surface area contributed by atoms with E-state index in [-0.39, 0.29) is 41.0 Å². The molecule has 2 aromatic rings. The van der Waals surface area contributed by atoms with Crippen LogP contribution in [0.5, 0.6) is 0 Å². The number of aromatic nitrogens is 2. The standard InChI is InChI=1S/C30H41N5O6S/c1-21(2)14-15-23(36)24-35(32-27(41-24)42-20-34-25(37)29(3,4)33(5)28(34)39)26(38)31-30(16-10-7-11-17-30)19-40-18-22-12-8-6-9-13-22/h6,8-9,12-13,21H,7,10-11,14-20H2,1-5H3/p+1. The number of Topliss-reactive ketones (excluding diaryl/α,β-unsaturated/α-hetero) is 1. The Kier molecular flexibility index (Phi) is 10.1. The number of ketones is 1. The molecule has 1 aromatic carbocycles. The topological polar surface area (TPSA) is 126 Å². The number of imide groups is 1. The van der Waals surface area contributed by atoms with E-state index < -0.39 is 23.1 Å². The molecule has 4 rings (SSSR count). The molecule has 4 amide bonds. The molecule has 1 saturated carbocycles. The van der Waals surface area contributed by atoms with E-state index in [1.807, 2.05) is 44.2 Å². The highest BCUT2D eigenvalue weighted by Gasteiger charge is 2.49. The second-order valence-corrected chi connectivity index (χ2v) is 13.0. The lowest BCUT2D eigenvalue weighted by Crippen LogP contribution is -2.63. The normalized spacial score (nSPS) is 18.1. The van der Waals surface area contributed by atoms with Crippen molar-refractivity contribution in [1.29, 1.82) is 0 Å². The molecule has 1 saturated heterocycles. The van der Waals surface area contributed by atoms with Gasteiger partial charge >= 0.3 is 23.2 Å². The first-order valence-corrected chi connectivity index (χ1v) is 15.6. The van der Waals surface area contributed by atoms with Crippen LogP contribution in [0.4, 0.5) is 9.59 Å². The molecule has 2 aliphatic rings. The van der Waals surface area contributed by atoms with Crippen LogP contribution in [0, 0.1) is 5.92 Å². The minimum absolute atomic E-state index is 0.0176. The molecular weight excluding hydrogens is 558 g/mol. The summed E-state index contributed by atoms with van der Waals surface area (Å²) in [5.41, 5.74) is -0.528. The molecule has 0 radical (unpaired) electrons. The van der Waals surface area contributed by atoms with E-state index in [2.05, 4.69) is 10.4 Å². The van der Waals surface area contributed by atoms with Gasteiger partial charge in [0.25, 0.3) is 5.91 Å². The third kappa shape index (κ3) is 7.20. The molecule has 1 aliphatic heterocycles. The quantitative estimate of drug-likeness (QED) is 0.160. The van der Waals surface area contributed by atoms with Crippen LogP contribution in [0.1, 0.15) is 88.9 Å². The number of carbonyl (C=O) groups is 4. The van der Waals surface area contributed by atoms with Crippen LogP contribution in [0.3, 0.4) is 0 Å². The van der Waals surface area contributed by atoms with Crippen molar-refractivity contribution in [2.24, 2.45) is 5.92 Å². The van der Waals surface area contributed by atoms with Crippen LogP contribution in [0.15, 0.2) is 40.0 Å². The SMILES string of the molecule is CC(C)CCC(=O)c1oc(SCN2C(=O)N(C)C(C)(C)C2=O)n[n+]1C(=O)NC1(COCc2ccccc2)CCCCC1. The van der Waals surface area contributed by atoms with Crippen molar-refractivity contribution in [1.82, 2.24) is 20.2 Å². The van der Waals surface area contributed by atoms with Gasteiger partial charge < -0.3 is 14.1 Å². The van der Waals surface area contributed by atoms with Crippen molar-refractivity contribution in [2.45, 2.75) is 95.5 Å². The highest BCUT2D eigenvalue weighted by atomic mass is 32.2. The number of nitrogens with zero attached hydrogens (tertiary/aromatic N) is 4. The van der Waals surface area contributed by atoms with E-state index >= 15 is 0 Å². The van der Waals surface area contributed by atoms with Gasteiger partial charge in [-0.1, -0.05) is 50.6 Å². The maximum Gasteiger partial charge on any atom is 0.520 e. The van der Waals surface area contributed by atoms with Crippen LogP contribution in [-0.4, -0.2) is 69.3 Å². The van der Waals surface area contributed by atoms with Crippen molar-refractivity contribution in [3.8, 4) is 0 Å². The molecule has 1 aliphatic carbocycles. The summed E-state index contributed by atoms with van der Waals surface area (Å²) in [5, 5.41) is 7.47. The fraction of sp³-hybridized carbons (Fsp3) is 0.600. The number of urea groups is 1. The number of thioether (sulfide) groups is 1. The molecule has 0 atom stereocenters. The number of hydrogen-bond donors (Lipinski definition) is 1. The summed E-state index contributed by atoms with van der Waals surface area (Å²) in [4.78, 5) is 54.8. The lowest BCUT2D eigenvalue weighted by molar-refractivity contribution is -0.641. The van der Waals surface area contributed by atoms with Gasteiger partial charge in [0.05, 0.1) is 19.1 Å². The molecule has 0 unspecified atom stereocenters. The molecule has 228 valence electrons. The second kappa shape index (κ2) is 13.4. The fourth-order valence-electron chi connectivity index (χ4n) is 5.14. The minimum Gasteiger partial charge on any atom is -0.390 e. The predicted octanol–water partition coefficient (Wildman–Crippen LogP) is 4.78. The van der Waals surface area contributed by atoms with Gasteiger partial charge in [0.1, 0.15) is 11.1 Å². The Morgan fingerprint density at radius 3 is 2.45 bits per heavy atom. The number of amides is 4. The molecule has 2 fully saturated rings. The monoisotopic (exact) mass is 600 g/mol. The van der Waals surface area contributed by atoms with Gasteiger partial charge in [-0.05, 0) is 79.0 Å². The number of likely N-dealkylation sites (N-methyl/N-ethyl adjacent to an activating group) is 1. The summed E-state index contributed by atoms with van der Waals surface area (Å²) in [7, 11) is 1.57. The van der Waals surface area contributed by atoms with E-state index in [1.165, 1.54) is 4.90 Å². The zero-order valence-electron chi connectivity index (χ0n) is 25.2. The molecule has 42 heavy (non-hydrogen) atoms. The van der Waals surface area contributed by atoms with Crippen LogP contribution in [0.2, 0.25) is 0 Å². The Morgan fingerprint density at radius 2 is 1.83 bits per heavy atom. The Bertz CT molecular complexity index is 1290. The number of rotatable bonds is 12. The third-order valence-corrected chi connectivity index (χ3v) is 8.85. The minimum atomic E-state index is -0.969. The third-order valence-electron chi connectivity index (χ3n) is 8.05. The Morgan fingerprint density at radius 1 is 1.14 bits per heavy atom. The molecule has 1 N–H and O–H groups in total. The average molecular weight is 601 g/mol.